The van der Waals surface area contributed by atoms with E-state index in [1.54, 1.807) is 30.3 Å². The summed E-state index contributed by atoms with van der Waals surface area (Å²) >= 11 is 3.51. The number of anilines is 1. The third-order valence-corrected chi connectivity index (χ3v) is 5.43. The molecule has 0 bridgehead atoms. The zero-order valence-electron chi connectivity index (χ0n) is 14.9. The molecular formula is C19H18BrN3O4. The zero-order valence-corrected chi connectivity index (χ0v) is 16.5. The van der Waals surface area contributed by atoms with E-state index in [9.17, 15) is 4.79 Å². The Morgan fingerprint density at radius 1 is 1.19 bits per heavy atom. The fourth-order valence-corrected chi connectivity index (χ4v) is 3.16. The molecule has 8 heteroatoms. The second-order valence-corrected chi connectivity index (χ2v) is 7.01. The molecule has 1 amide bonds. The Morgan fingerprint density at radius 3 is 2.70 bits per heavy atom. The number of nitrogens with one attached hydrogen (secondary N) is 1. The van der Waals surface area contributed by atoms with E-state index in [0.717, 1.165) is 15.9 Å². The van der Waals surface area contributed by atoms with Crippen LogP contribution in [0.1, 0.15) is 27.7 Å². The fraction of sp³-hybridized carbons (Fsp3) is 0.263. The topological polar surface area (TPSA) is 78.5 Å². The number of carbonyl (C=O) groups excluding carboxylic acids is 1. The van der Waals surface area contributed by atoms with E-state index in [2.05, 4.69) is 26.3 Å². The number of fused-ring (bicyclic) bond motifs is 1. The number of halogens is 1. The van der Waals surface area contributed by atoms with E-state index < -0.39 is 0 Å². The van der Waals surface area contributed by atoms with E-state index >= 15 is 0 Å². The SMILES string of the molecule is Cc1nn(Cc2ccc(C(=O)Nc3ccc4c(c3)OCCO4)o2)c(C)c1Br. The molecule has 3 aromatic rings. The zero-order chi connectivity index (χ0) is 19.0. The van der Waals surface area contributed by atoms with Crippen LogP contribution < -0.4 is 14.8 Å². The first-order valence-corrected chi connectivity index (χ1v) is 9.30. The van der Waals surface area contributed by atoms with Crippen molar-refractivity contribution >= 4 is 27.5 Å². The Balaban J connectivity index is 1.46. The molecule has 0 fully saturated rings. The van der Waals surface area contributed by atoms with Crippen molar-refractivity contribution < 1.29 is 18.7 Å². The third kappa shape index (κ3) is 3.57. The van der Waals surface area contributed by atoms with Crippen molar-refractivity contribution in [3.05, 3.63) is 57.7 Å². The smallest absolute Gasteiger partial charge is 0.291 e. The van der Waals surface area contributed by atoms with Crippen molar-refractivity contribution in [2.24, 2.45) is 0 Å². The van der Waals surface area contributed by atoms with Crippen molar-refractivity contribution in [3.8, 4) is 11.5 Å². The minimum absolute atomic E-state index is 0.237. The van der Waals surface area contributed by atoms with Gasteiger partial charge in [0, 0.05) is 11.8 Å². The van der Waals surface area contributed by atoms with Crippen LogP contribution in [0.5, 0.6) is 11.5 Å². The van der Waals surface area contributed by atoms with Gasteiger partial charge in [0.05, 0.1) is 22.4 Å². The molecule has 1 aliphatic rings. The summed E-state index contributed by atoms with van der Waals surface area (Å²) in [6.45, 7) is 5.38. The van der Waals surface area contributed by atoms with Gasteiger partial charge in [-0.2, -0.15) is 5.10 Å². The molecule has 0 atom stereocenters. The van der Waals surface area contributed by atoms with Crippen LogP contribution in [-0.4, -0.2) is 28.9 Å². The molecule has 4 rings (SSSR count). The second-order valence-electron chi connectivity index (χ2n) is 6.22. The number of amides is 1. The summed E-state index contributed by atoms with van der Waals surface area (Å²) in [6.07, 6.45) is 0. The highest BCUT2D eigenvalue weighted by Crippen LogP contribution is 2.32. The van der Waals surface area contributed by atoms with Crippen molar-refractivity contribution in [2.45, 2.75) is 20.4 Å². The molecule has 140 valence electrons. The number of furan rings is 1. The van der Waals surface area contributed by atoms with Crippen LogP contribution in [-0.2, 0) is 6.54 Å². The minimum atomic E-state index is -0.326. The Kier molecular flexibility index (Phi) is 4.65. The fourth-order valence-electron chi connectivity index (χ4n) is 2.88. The molecule has 3 heterocycles. The Morgan fingerprint density at radius 2 is 1.96 bits per heavy atom. The number of hydrogen-bond donors (Lipinski definition) is 1. The molecule has 27 heavy (non-hydrogen) atoms. The summed E-state index contributed by atoms with van der Waals surface area (Å²) in [7, 11) is 0. The maximum atomic E-state index is 12.5. The lowest BCUT2D eigenvalue weighted by molar-refractivity contribution is 0.0994. The van der Waals surface area contributed by atoms with E-state index in [-0.39, 0.29) is 11.7 Å². The van der Waals surface area contributed by atoms with Gasteiger partial charge >= 0.3 is 0 Å². The van der Waals surface area contributed by atoms with E-state index in [4.69, 9.17) is 13.9 Å². The summed E-state index contributed by atoms with van der Waals surface area (Å²) in [5.74, 6) is 1.86. The Bertz CT molecular complexity index is 1010. The predicted octanol–water partition coefficient (Wildman–Crippen LogP) is 3.93. The number of hydrogen-bond acceptors (Lipinski definition) is 5. The minimum Gasteiger partial charge on any atom is -0.486 e. The van der Waals surface area contributed by atoms with Gasteiger partial charge in [-0.3, -0.25) is 9.48 Å². The van der Waals surface area contributed by atoms with Crippen LogP contribution in [0.2, 0.25) is 0 Å². The number of aryl methyl sites for hydroxylation is 1. The largest absolute Gasteiger partial charge is 0.486 e. The van der Waals surface area contributed by atoms with Crippen molar-refractivity contribution in [1.29, 1.82) is 0 Å². The molecule has 0 radical (unpaired) electrons. The van der Waals surface area contributed by atoms with Gasteiger partial charge in [0.15, 0.2) is 17.3 Å². The molecule has 2 aromatic heterocycles. The maximum Gasteiger partial charge on any atom is 0.291 e. The maximum absolute atomic E-state index is 12.5. The van der Waals surface area contributed by atoms with E-state index in [1.807, 2.05) is 18.5 Å². The first kappa shape index (κ1) is 17.7. The molecule has 0 saturated carbocycles. The number of benzene rings is 1. The molecule has 0 unspecified atom stereocenters. The summed E-state index contributed by atoms with van der Waals surface area (Å²) < 4.78 is 19.5. The molecule has 0 spiro atoms. The molecule has 7 nitrogen and oxygen atoms in total. The number of carbonyl (C=O) groups is 1. The standard InChI is InChI=1S/C19H18BrN3O4/c1-11-18(20)12(2)23(22-11)10-14-4-6-16(27-14)19(24)21-13-3-5-15-17(9-13)26-8-7-25-15/h3-6,9H,7-8,10H2,1-2H3,(H,21,24). The molecule has 0 saturated heterocycles. The lowest BCUT2D eigenvalue weighted by Crippen LogP contribution is -2.16. The second kappa shape index (κ2) is 7.11. The number of ether oxygens (including phenoxy) is 2. The van der Waals surface area contributed by atoms with Gasteiger partial charge in [-0.15, -0.1) is 0 Å². The normalized spacial score (nSPS) is 12.9. The predicted molar refractivity (Wildman–Crippen MR) is 103 cm³/mol. The molecule has 1 aliphatic heterocycles. The van der Waals surface area contributed by atoms with Gasteiger partial charge in [0.2, 0.25) is 0 Å². The first-order chi connectivity index (χ1) is 13.0. The van der Waals surface area contributed by atoms with Crippen LogP contribution in [0.25, 0.3) is 0 Å². The van der Waals surface area contributed by atoms with Gasteiger partial charge in [0.25, 0.3) is 5.91 Å². The van der Waals surface area contributed by atoms with Crippen LogP contribution in [0.15, 0.2) is 39.2 Å². The highest BCUT2D eigenvalue weighted by molar-refractivity contribution is 9.10. The average molecular weight is 432 g/mol. The highest BCUT2D eigenvalue weighted by atomic mass is 79.9. The Hall–Kier alpha value is -2.74. The number of nitrogens with zero attached hydrogens (tertiary/aromatic N) is 2. The Labute approximate surface area is 164 Å². The summed E-state index contributed by atoms with van der Waals surface area (Å²) in [5, 5.41) is 7.26. The third-order valence-electron chi connectivity index (χ3n) is 4.28. The number of rotatable bonds is 4. The lowest BCUT2D eigenvalue weighted by Gasteiger charge is -2.18. The molecular weight excluding hydrogens is 414 g/mol. The quantitative estimate of drug-likeness (QED) is 0.676. The van der Waals surface area contributed by atoms with Crippen molar-refractivity contribution in [3.63, 3.8) is 0 Å². The van der Waals surface area contributed by atoms with Crippen molar-refractivity contribution in [1.82, 2.24) is 9.78 Å². The van der Waals surface area contributed by atoms with Crippen LogP contribution in [0.4, 0.5) is 5.69 Å². The highest BCUT2D eigenvalue weighted by Gasteiger charge is 2.16. The summed E-state index contributed by atoms with van der Waals surface area (Å²) in [4.78, 5) is 12.5. The summed E-state index contributed by atoms with van der Waals surface area (Å²) in [6, 6.07) is 8.72. The monoisotopic (exact) mass is 431 g/mol. The van der Waals surface area contributed by atoms with Gasteiger partial charge in [-0.05, 0) is 54.0 Å². The van der Waals surface area contributed by atoms with Crippen LogP contribution in [0.3, 0.4) is 0 Å². The molecule has 0 aliphatic carbocycles. The van der Waals surface area contributed by atoms with Gasteiger partial charge < -0.3 is 19.2 Å². The summed E-state index contributed by atoms with van der Waals surface area (Å²) in [5.41, 5.74) is 2.53. The first-order valence-electron chi connectivity index (χ1n) is 8.50. The van der Waals surface area contributed by atoms with Gasteiger partial charge in [0.1, 0.15) is 19.0 Å². The van der Waals surface area contributed by atoms with Crippen molar-refractivity contribution in [2.75, 3.05) is 18.5 Å². The van der Waals surface area contributed by atoms with E-state index in [1.165, 1.54) is 0 Å². The van der Waals surface area contributed by atoms with Crippen LogP contribution >= 0.6 is 15.9 Å². The average Bonchev–Trinajstić information content (AvgIpc) is 3.23. The lowest BCUT2D eigenvalue weighted by atomic mass is 10.2. The number of aromatic nitrogens is 2. The molecule has 1 N–H and O–H groups in total. The van der Waals surface area contributed by atoms with E-state index in [0.29, 0.717) is 42.7 Å². The van der Waals surface area contributed by atoms with Gasteiger partial charge in [-0.1, -0.05) is 0 Å². The van der Waals surface area contributed by atoms with Crippen LogP contribution in [0, 0.1) is 13.8 Å². The van der Waals surface area contributed by atoms with Gasteiger partial charge in [-0.25, -0.2) is 0 Å². The molecule has 1 aromatic carbocycles.